The van der Waals surface area contributed by atoms with Gasteiger partial charge in [-0.1, -0.05) is 23.2 Å². The highest BCUT2D eigenvalue weighted by atomic mass is 35.5. The number of amidine groups is 1. The van der Waals surface area contributed by atoms with Gasteiger partial charge in [-0.15, -0.1) is 0 Å². The smallest absolute Gasteiger partial charge is 0.352 e. The average Bonchev–Trinajstić information content (AvgIpc) is 3.41. The van der Waals surface area contributed by atoms with Gasteiger partial charge in [0.15, 0.2) is 5.17 Å². The van der Waals surface area contributed by atoms with Crippen molar-refractivity contribution in [3.63, 3.8) is 0 Å². The summed E-state index contributed by atoms with van der Waals surface area (Å²) < 4.78 is 77.6. The molecule has 3 aromatic rings. The van der Waals surface area contributed by atoms with Gasteiger partial charge < -0.3 is 14.7 Å². The second kappa shape index (κ2) is 11.8. The van der Waals surface area contributed by atoms with Crippen LogP contribution < -0.4 is 9.80 Å². The van der Waals surface area contributed by atoms with Crippen LogP contribution in [0.2, 0.25) is 10.0 Å². The number of carbonyl (C=O) groups is 1. The van der Waals surface area contributed by atoms with Crippen molar-refractivity contribution in [3.8, 4) is 0 Å². The number of anilines is 2. The second-order valence-electron chi connectivity index (χ2n) is 9.28. The fraction of sp³-hybridized carbons (Fsp3) is 0.308. The highest BCUT2D eigenvalue weighted by Gasteiger charge is 2.34. The van der Waals surface area contributed by atoms with E-state index in [4.69, 9.17) is 23.2 Å². The van der Waals surface area contributed by atoms with E-state index in [1.807, 2.05) is 4.90 Å². The van der Waals surface area contributed by atoms with E-state index in [-0.39, 0.29) is 26.8 Å². The highest BCUT2D eigenvalue weighted by molar-refractivity contribution is 8.14. The van der Waals surface area contributed by atoms with E-state index in [0.717, 1.165) is 42.0 Å². The summed E-state index contributed by atoms with van der Waals surface area (Å²) in [5.74, 6) is 0.0213. The van der Waals surface area contributed by atoms with E-state index in [1.165, 1.54) is 0 Å². The summed E-state index contributed by atoms with van der Waals surface area (Å²) in [5, 5.41) is 0.449. The molecule has 1 amide bonds. The SMILES string of the molecule is O=C(c1ccc(N2CCN=C2Sc2ncc(C(F)(F)F)cc2Cl)cc1)N1CCN(c2ncc(C(F)(F)F)cc2Cl)CC1. The first-order valence-corrected chi connectivity index (χ1v) is 14.0. The first kappa shape index (κ1) is 30.2. The van der Waals surface area contributed by atoms with Gasteiger partial charge in [-0.25, -0.2) is 9.97 Å². The van der Waals surface area contributed by atoms with Crippen molar-refractivity contribution in [2.75, 3.05) is 49.1 Å². The summed E-state index contributed by atoms with van der Waals surface area (Å²) in [4.78, 5) is 30.5. The molecule has 222 valence electrons. The van der Waals surface area contributed by atoms with E-state index < -0.39 is 23.5 Å². The number of hydrogen-bond donors (Lipinski definition) is 0. The zero-order valence-electron chi connectivity index (χ0n) is 21.4. The van der Waals surface area contributed by atoms with Crippen molar-refractivity contribution in [1.82, 2.24) is 14.9 Å². The van der Waals surface area contributed by atoms with Crippen molar-refractivity contribution in [1.29, 1.82) is 0 Å². The van der Waals surface area contributed by atoms with Crippen LogP contribution >= 0.6 is 35.0 Å². The lowest BCUT2D eigenvalue weighted by atomic mass is 10.1. The molecule has 0 saturated carbocycles. The summed E-state index contributed by atoms with van der Waals surface area (Å²) in [6.45, 7) is 2.31. The van der Waals surface area contributed by atoms with Gasteiger partial charge in [0.25, 0.3) is 5.91 Å². The van der Waals surface area contributed by atoms with E-state index in [0.29, 0.717) is 50.0 Å². The van der Waals surface area contributed by atoms with Gasteiger partial charge in [0.1, 0.15) is 10.8 Å². The van der Waals surface area contributed by atoms with Crippen LogP contribution in [-0.4, -0.2) is 65.2 Å². The van der Waals surface area contributed by atoms with Gasteiger partial charge in [-0.2, -0.15) is 26.3 Å². The zero-order chi connectivity index (χ0) is 30.2. The zero-order valence-corrected chi connectivity index (χ0v) is 23.7. The number of piperazine rings is 1. The number of pyridine rings is 2. The Kier molecular flexibility index (Phi) is 8.50. The van der Waals surface area contributed by atoms with E-state index in [9.17, 15) is 31.1 Å². The molecule has 0 atom stereocenters. The van der Waals surface area contributed by atoms with E-state index in [2.05, 4.69) is 15.0 Å². The van der Waals surface area contributed by atoms with Crippen LogP contribution in [0.1, 0.15) is 21.5 Å². The maximum absolute atomic E-state index is 13.1. The maximum Gasteiger partial charge on any atom is 0.417 e. The molecule has 42 heavy (non-hydrogen) atoms. The van der Waals surface area contributed by atoms with Crippen LogP contribution in [0.4, 0.5) is 37.8 Å². The number of aromatic nitrogens is 2. The fourth-order valence-electron chi connectivity index (χ4n) is 4.40. The van der Waals surface area contributed by atoms with Gasteiger partial charge in [-0.05, 0) is 48.2 Å². The molecule has 1 aromatic carbocycles. The predicted molar refractivity (Wildman–Crippen MR) is 149 cm³/mol. The van der Waals surface area contributed by atoms with Crippen LogP contribution in [0.5, 0.6) is 0 Å². The molecule has 0 spiro atoms. The van der Waals surface area contributed by atoms with Crippen molar-refractivity contribution in [3.05, 3.63) is 75.5 Å². The molecule has 16 heteroatoms. The molecule has 0 unspecified atom stereocenters. The summed E-state index contributed by atoms with van der Waals surface area (Å²) in [6.07, 6.45) is -7.64. The minimum absolute atomic E-state index is 0.112. The second-order valence-corrected chi connectivity index (χ2v) is 11.1. The number of alkyl halides is 6. The number of rotatable bonds is 4. The third kappa shape index (κ3) is 6.55. The van der Waals surface area contributed by atoms with Crippen LogP contribution in [0.3, 0.4) is 0 Å². The van der Waals surface area contributed by atoms with Gasteiger partial charge in [0.2, 0.25) is 0 Å². The third-order valence-electron chi connectivity index (χ3n) is 6.57. The first-order valence-electron chi connectivity index (χ1n) is 12.4. The lowest BCUT2D eigenvalue weighted by Gasteiger charge is -2.36. The van der Waals surface area contributed by atoms with Crippen molar-refractivity contribution >= 4 is 57.5 Å². The van der Waals surface area contributed by atoms with Crippen molar-refractivity contribution in [2.24, 2.45) is 4.99 Å². The number of benzene rings is 1. The van der Waals surface area contributed by atoms with Gasteiger partial charge in [-0.3, -0.25) is 9.79 Å². The molecular formula is C26H20Cl2F6N6OS. The molecule has 2 aliphatic heterocycles. The largest absolute Gasteiger partial charge is 0.417 e. The third-order valence-corrected chi connectivity index (χ3v) is 8.29. The van der Waals surface area contributed by atoms with E-state index >= 15 is 0 Å². The maximum atomic E-state index is 13.1. The number of carbonyl (C=O) groups excluding carboxylic acids is 1. The number of aliphatic imine (C=N–C) groups is 1. The molecule has 4 heterocycles. The minimum Gasteiger partial charge on any atom is -0.352 e. The predicted octanol–water partition coefficient (Wildman–Crippen LogP) is 6.75. The Bertz CT molecular complexity index is 1510. The van der Waals surface area contributed by atoms with Crippen LogP contribution in [0.15, 0.2) is 58.8 Å². The Morgan fingerprint density at radius 1 is 0.810 bits per heavy atom. The summed E-state index contributed by atoms with van der Waals surface area (Å²) in [6, 6.07) is 8.50. The lowest BCUT2D eigenvalue weighted by molar-refractivity contribution is -0.138. The summed E-state index contributed by atoms with van der Waals surface area (Å²) >= 11 is 13.2. The number of halogens is 8. The monoisotopic (exact) mass is 648 g/mol. The molecule has 1 fully saturated rings. The highest BCUT2D eigenvalue weighted by Crippen LogP contribution is 2.36. The molecule has 2 aromatic heterocycles. The number of nitrogens with zero attached hydrogens (tertiary/aromatic N) is 6. The molecular weight excluding hydrogens is 629 g/mol. The number of amides is 1. The lowest BCUT2D eigenvalue weighted by Crippen LogP contribution is -2.49. The molecule has 0 N–H and O–H groups in total. The molecule has 0 aliphatic carbocycles. The Morgan fingerprint density at radius 3 is 1.98 bits per heavy atom. The quantitative estimate of drug-likeness (QED) is 0.292. The molecule has 0 bridgehead atoms. The molecule has 7 nitrogen and oxygen atoms in total. The van der Waals surface area contributed by atoms with Crippen molar-refractivity contribution < 1.29 is 31.1 Å². The molecule has 1 saturated heterocycles. The fourth-order valence-corrected chi connectivity index (χ4v) is 5.87. The van der Waals surface area contributed by atoms with Crippen molar-refractivity contribution in [2.45, 2.75) is 17.4 Å². The minimum atomic E-state index is -4.56. The Morgan fingerprint density at radius 2 is 1.40 bits per heavy atom. The van der Waals surface area contributed by atoms with E-state index in [1.54, 1.807) is 34.1 Å². The number of thioether (sulfide) groups is 1. The molecule has 2 aliphatic rings. The Labute approximate surface area is 250 Å². The van der Waals surface area contributed by atoms with Gasteiger partial charge in [0, 0.05) is 56.4 Å². The average molecular weight is 649 g/mol. The number of hydrogen-bond acceptors (Lipinski definition) is 7. The first-order chi connectivity index (χ1) is 19.8. The van der Waals surface area contributed by atoms with Gasteiger partial charge >= 0.3 is 12.4 Å². The Hall–Kier alpha value is -3.23. The topological polar surface area (TPSA) is 64.9 Å². The summed E-state index contributed by atoms with van der Waals surface area (Å²) in [7, 11) is 0. The summed E-state index contributed by atoms with van der Waals surface area (Å²) in [5.41, 5.74) is -0.704. The van der Waals surface area contributed by atoms with Gasteiger partial charge in [0.05, 0.1) is 27.7 Å². The van der Waals surface area contributed by atoms with Crippen LogP contribution in [0, 0.1) is 0 Å². The molecule has 5 rings (SSSR count). The van der Waals surface area contributed by atoms with Crippen LogP contribution in [0.25, 0.3) is 0 Å². The van der Waals surface area contributed by atoms with Crippen LogP contribution in [-0.2, 0) is 12.4 Å². The standard InChI is InChI=1S/C26H20Cl2F6N6OS/c27-19-11-16(25(29,30)31)13-36-21(19)38-7-9-39(10-8-38)23(41)15-1-3-18(4-2-15)40-6-5-35-24(40)42-22-20(28)12-17(14-37-22)26(32,33)34/h1-4,11-14H,5-10H2. The normalized spacial score (nSPS) is 16.2. The Balaban J connectivity index is 1.20. The molecule has 0 radical (unpaired) electrons.